The normalized spacial score (nSPS) is 16.6. The molecule has 0 saturated heterocycles. The van der Waals surface area contributed by atoms with Gasteiger partial charge in [-0.3, -0.25) is 9.59 Å². The molecule has 8 nitrogen and oxygen atoms in total. The van der Waals surface area contributed by atoms with Crippen LogP contribution in [-0.4, -0.2) is 74.4 Å². The fourth-order valence-electron chi connectivity index (χ4n) is 6.64. The number of carboxylic acid groups (broad SMARTS) is 1. The highest BCUT2D eigenvalue weighted by molar-refractivity contribution is 7.09. The van der Waals surface area contributed by atoms with Crippen LogP contribution in [-0.2, 0) is 30.1 Å². The molecule has 54 heavy (non-hydrogen) atoms. The summed E-state index contributed by atoms with van der Waals surface area (Å²) in [5.74, 6) is -1.60. The summed E-state index contributed by atoms with van der Waals surface area (Å²) < 4.78 is 15.1. The highest BCUT2D eigenvalue weighted by Crippen LogP contribution is 2.37. The van der Waals surface area contributed by atoms with Crippen LogP contribution in [0.5, 0.6) is 0 Å². The molecule has 1 rings (SSSR count). The monoisotopic (exact) mass is 913 g/mol. The second kappa shape index (κ2) is 24.2. The van der Waals surface area contributed by atoms with E-state index in [1.54, 1.807) is 0 Å². The maximum absolute atomic E-state index is 14.2. The fourth-order valence-corrected chi connectivity index (χ4v) is 10.6. The Morgan fingerprint density at radius 3 is 2.13 bits per heavy atom. The Hall–Kier alpha value is 0.0469. The summed E-state index contributed by atoms with van der Waals surface area (Å²) in [6.45, 7) is 17.8. The number of halogens is 6. The van der Waals surface area contributed by atoms with Crippen LogP contribution in [0.4, 0.5) is 0 Å². The van der Waals surface area contributed by atoms with Gasteiger partial charge in [0.1, 0.15) is 10.8 Å². The molecule has 1 aromatic heterocycles. The van der Waals surface area contributed by atoms with E-state index in [2.05, 4.69) is 25.8 Å². The van der Waals surface area contributed by atoms with E-state index in [9.17, 15) is 19.8 Å². The molecule has 0 aliphatic rings. The molecule has 0 spiro atoms. The molecule has 16 heteroatoms. The summed E-state index contributed by atoms with van der Waals surface area (Å²) >= 11 is 36.9. The second-order valence-corrected chi connectivity index (χ2v) is 25.7. The van der Waals surface area contributed by atoms with Crippen molar-refractivity contribution in [3.05, 3.63) is 33.3 Å². The lowest BCUT2D eigenvalue weighted by molar-refractivity contribution is -0.143. The Morgan fingerprint density at radius 2 is 1.59 bits per heavy atom. The summed E-state index contributed by atoms with van der Waals surface area (Å²) in [5.41, 5.74) is 1.76. The van der Waals surface area contributed by atoms with Gasteiger partial charge < -0.3 is 24.1 Å². The van der Waals surface area contributed by atoms with E-state index >= 15 is 0 Å². The van der Waals surface area contributed by atoms with Crippen LogP contribution in [0.15, 0.2) is 22.6 Å². The number of ketones is 1. The van der Waals surface area contributed by atoms with Gasteiger partial charge in [0.25, 0.3) is 0 Å². The number of hydrogen-bond donors (Lipinski definition) is 2. The maximum Gasteiger partial charge on any atom is 0.305 e. The number of aliphatic hydroxyl groups is 1. The van der Waals surface area contributed by atoms with Crippen LogP contribution in [0.3, 0.4) is 0 Å². The largest absolute Gasteiger partial charge is 0.481 e. The molecule has 0 aliphatic heterocycles. The number of aromatic nitrogens is 1. The molecule has 0 aliphatic carbocycles. The lowest BCUT2D eigenvalue weighted by Gasteiger charge is -2.38. The Balaban J connectivity index is 2.94. The minimum atomic E-state index is -2.13. The maximum atomic E-state index is 14.2. The van der Waals surface area contributed by atoms with Gasteiger partial charge >= 0.3 is 5.97 Å². The van der Waals surface area contributed by atoms with Crippen LogP contribution < -0.4 is 0 Å². The molecular formula is C38H61Cl6NO7SSi. The fraction of sp³-hybridized carbons (Fsp3) is 0.763. The van der Waals surface area contributed by atoms with Crippen molar-refractivity contribution in [3.8, 4) is 0 Å². The van der Waals surface area contributed by atoms with Crippen LogP contribution in [0, 0.1) is 17.3 Å². The third-order valence-corrected chi connectivity index (χ3v) is 16.1. The predicted octanol–water partition coefficient (Wildman–Crippen LogP) is 12.2. The standard InChI is InChI=1S/C38H61Cl6NO7SSi/c1-10-54(11-2,12-3)52-30(19-33(47)48)20-36(8,9)35(49)28(7)34(51-24-38(42,43)44)26(5)15-13-14-25(4)16-17-31(46)27(6)18-29-22-53-32(45-29)21-50-23-37(39,40)41/h16,18,22,26,28,30-31,34,46H,10-15,17,19-21,23-24H2,1-9H3,(H,47,48)/b25-16-,27-18+/t26-,28+,30+,31-,34-/m0/s1. The van der Waals surface area contributed by atoms with E-state index in [4.69, 9.17) is 83.5 Å². The van der Waals surface area contributed by atoms with Gasteiger partial charge in [0, 0.05) is 16.7 Å². The van der Waals surface area contributed by atoms with Crippen LogP contribution in [0.2, 0.25) is 18.1 Å². The number of aliphatic carboxylic acids is 1. The number of hydrogen-bond acceptors (Lipinski definition) is 8. The Kier molecular flexibility index (Phi) is 23.3. The van der Waals surface area contributed by atoms with Gasteiger partial charge in [0.2, 0.25) is 7.59 Å². The first-order valence-electron chi connectivity index (χ1n) is 18.6. The minimum absolute atomic E-state index is 0.0414. The SMILES string of the molecule is CC[Si](CC)(CC)O[C@H](CC(=O)O)CC(C)(C)C(=O)[C@H](C)[C@@H](OCC(Cl)(Cl)Cl)[C@@H](C)CCC/C(C)=C\C[C@H](O)/C(C)=C/c1csc(COCC(Cl)(Cl)Cl)n1. The lowest BCUT2D eigenvalue weighted by Crippen LogP contribution is -2.45. The van der Waals surface area contributed by atoms with Crippen molar-refractivity contribution in [2.24, 2.45) is 17.3 Å². The van der Waals surface area contributed by atoms with Crippen LogP contribution >= 0.6 is 80.9 Å². The van der Waals surface area contributed by atoms with Crippen molar-refractivity contribution in [2.45, 2.75) is 151 Å². The van der Waals surface area contributed by atoms with Crippen molar-refractivity contribution >= 4 is 107 Å². The van der Waals surface area contributed by atoms with Gasteiger partial charge in [-0.1, -0.05) is 130 Å². The minimum Gasteiger partial charge on any atom is -0.481 e. The first kappa shape index (κ1) is 52.1. The molecule has 0 fully saturated rings. The van der Waals surface area contributed by atoms with Crippen LogP contribution in [0.25, 0.3) is 6.08 Å². The number of carbonyl (C=O) groups is 2. The van der Waals surface area contributed by atoms with E-state index in [0.717, 1.165) is 59.2 Å². The van der Waals surface area contributed by atoms with Gasteiger partial charge in [-0.2, -0.15) is 0 Å². The number of allylic oxidation sites excluding steroid dienone is 1. The predicted molar refractivity (Wildman–Crippen MR) is 230 cm³/mol. The molecule has 2 N–H and O–H groups in total. The lowest BCUT2D eigenvalue weighted by atomic mass is 9.73. The summed E-state index contributed by atoms with van der Waals surface area (Å²) in [4.78, 5) is 30.5. The van der Waals surface area contributed by atoms with E-state index in [0.29, 0.717) is 6.42 Å². The van der Waals surface area contributed by atoms with Crippen molar-refractivity contribution < 1.29 is 33.7 Å². The number of carboxylic acids is 1. The number of nitrogens with zero attached hydrogens (tertiary/aromatic N) is 1. The molecule has 5 atom stereocenters. The number of carbonyl (C=O) groups excluding carboxylic acids is 1. The quantitative estimate of drug-likeness (QED) is 0.0536. The third-order valence-electron chi connectivity index (χ3n) is 9.95. The van der Waals surface area contributed by atoms with E-state index in [1.807, 2.05) is 59.1 Å². The first-order chi connectivity index (χ1) is 24.9. The third kappa shape index (κ3) is 20.1. The van der Waals surface area contributed by atoms with Gasteiger partial charge in [-0.15, -0.1) is 11.3 Å². The highest BCUT2D eigenvalue weighted by Gasteiger charge is 2.42. The Labute approximate surface area is 358 Å². The van der Waals surface area contributed by atoms with Gasteiger partial charge in [-0.25, -0.2) is 4.98 Å². The molecule has 1 heterocycles. The molecule has 0 aromatic carbocycles. The van der Waals surface area contributed by atoms with Crippen molar-refractivity contribution in [1.82, 2.24) is 4.98 Å². The Bertz CT molecular complexity index is 1350. The average molecular weight is 917 g/mol. The summed E-state index contributed by atoms with van der Waals surface area (Å²) in [6, 6.07) is 2.64. The number of aliphatic hydroxyl groups excluding tert-OH is 1. The zero-order chi connectivity index (χ0) is 41.5. The average Bonchev–Trinajstić information content (AvgIpc) is 3.50. The van der Waals surface area contributed by atoms with E-state index in [-0.39, 0.29) is 44.4 Å². The molecule has 0 amide bonds. The van der Waals surface area contributed by atoms with E-state index in [1.165, 1.54) is 11.3 Å². The molecular weight excluding hydrogens is 855 g/mol. The summed E-state index contributed by atoms with van der Waals surface area (Å²) in [5, 5.41) is 23.2. The topological polar surface area (TPSA) is 115 Å². The zero-order valence-electron chi connectivity index (χ0n) is 33.2. The number of ether oxygens (including phenoxy) is 2. The molecule has 1 aromatic rings. The smallest absolute Gasteiger partial charge is 0.305 e. The zero-order valence-corrected chi connectivity index (χ0v) is 39.5. The number of rotatable bonds is 26. The van der Waals surface area contributed by atoms with Crippen molar-refractivity contribution in [2.75, 3.05) is 13.2 Å². The van der Waals surface area contributed by atoms with Crippen LogP contribution in [0.1, 0.15) is 112 Å². The van der Waals surface area contributed by atoms with Crippen molar-refractivity contribution in [3.63, 3.8) is 0 Å². The molecule has 0 radical (unpaired) electrons. The van der Waals surface area contributed by atoms with Gasteiger partial charge in [0.05, 0.1) is 50.2 Å². The first-order valence-corrected chi connectivity index (χ1v) is 24.3. The number of thiazole rings is 1. The van der Waals surface area contributed by atoms with Gasteiger partial charge in [-0.05, 0) is 81.7 Å². The van der Waals surface area contributed by atoms with Crippen molar-refractivity contribution in [1.29, 1.82) is 0 Å². The number of alkyl halides is 6. The number of Topliss-reactive ketones (excluding diaryl/α,β-unsaturated/α-hetero) is 1. The second-order valence-electron chi connectivity index (χ2n) is 15.0. The summed E-state index contributed by atoms with van der Waals surface area (Å²) in [6.07, 6.45) is 5.04. The van der Waals surface area contributed by atoms with E-state index < -0.39 is 51.5 Å². The molecule has 0 saturated carbocycles. The Morgan fingerprint density at radius 1 is 1.00 bits per heavy atom. The highest BCUT2D eigenvalue weighted by atomic mass is 35.6. The summed E-state index contributed by atoms with van der Waals surface area (Å²) in [7, 11) is -2.13. The molecule has 0 unspecified atom stereocenters. The van der Waals surface area contributed by atoms with Gasteiger partial charge in [0.15, 0.2) is 8.32 Å². The molecule has 312 valence electrons. The molecule has 0 bridgehead atoms.